The largest absolute Gasteiger partial charge is 0.422 e. The smallest absolute Gasteiger partial charge is 0.224 e. The molecule has 152 valence electrons. The summed E-state index contributed by atoms with van der Waals surface area (Å²) < 4.78 is 15.3. The van der Waals surface area contributed by atoms with Crippen LogP contribution in [-0.4, -0.2) is 31.4 Å². The van der Waals surface area contributed by atoms with Crippen LogP contribution in [-0.2, 0) is 11.3 Å². The molecule has 0 spiro atoms. The number of nitriles is 1. The van der Waals surface area contributed by atoms with Gasteiger partial charge in [-0.1, -0.05) is 17.3 Å². The van der Waals surface area contributed by atoms with E-state index in [1.54, 1.807) is 21.8 Å². The summed E-state index contributed by atoms with van der Waals surface area (Å²) in [5.74, 6) is 0.330. The van der Waals surface area contributed by atoms with Crippen LogP contribution in [0.2, 0.25) is 0 Å². The first kappa shape index (κ1) is 18.4. The predicted octanol–water partition coefficient (Wildman–Crippen LogP) is 2.55. The highest BCUT2D eigenvalue weighted by atomic mass is 16.5. The summed E-state index contributed by atoms with van der Waals surface area (Å²) in [6.07, 6.45) is 5.18. The van der Waals surface area contributed by atoms with Crippen molar-refractivity contribution in [1.29, 1.82) is 5.26 Å². The van der Waals surface area contributed by atoms with Gasteiger partial charge in [-0.15, -0.1) is 5.10 Å². The van der Waals surface area contributed by atoms with Crippen molar-refractivity contribution in [2.45, 2.75) is 38.3 Å². The molecule has 2 aliphatic rings. The number of nitrogens with zero attached hydrogens (tertiary/aromatic N) is 6. The second kappa shape index (κ2) is 7.31. The van der Waals surface area contributed by atoms with Gasteiger partial charge in [-0.05, 0) is 37.5 Å². The van der Waals surface area contributed by atoms with Gasteiger partial charge in [0.15, 0.2) is 0 Å². The van der Waals surface area contributed by atoms with E-state index in [1.807, 2.05) is 31.2 Å². The average molecular weight is 403 g/mol. The summed E-state index contributed by atoms with van der Waals surface area (Å²) in [7, 11) is 0. The first-order valence-electron chi connectivity index (χ1n) is 9.97. The molecule has 9 nitrogen and oxygen atoms in total. The van der Waals surface area contributed by atoms with Crippen molar-refractivity contribution in [3.05, 3.63) is 64.9 Å². The van der Waals surface area contributed by atoms with E-state index in [2.05, 4.69) is 16.4 Å². The van der Waals surface area contributed by atoms with Gasteiger partial charge >= 0.3 is 0 Å². The lowest BCUT2D eigenvalue weighted by Crippen LogP contribution is -2.22. The van der Waals surface area contributed by atoms with Gasteiger partial charge in [0.2, 0.25) is 11.8 Å². The topological polar surface area (TPSA) is 117 Å². The van der Waals surface area contributed by atoms with Crippen LogP contribution in [0.3, 0.4) is 0 Å². The molecule has 0 bridgehead atoms. The summed E-state index contributed by atoms with van der Waals surface area (Å²) in [5, 5.41) is 22.5. The van der Waals surface area contributed by atoms with Crippen LogP contribution in [0.25, 0.3) is 5.69 Å². The second-order valence-electron chi connectivity index (χ2n) is 7.29. The minimum atomic E-state index is -0.372. The molecule has 2 aromatic heterocycles. The Labute approximate surface area is 173 Å². The minimum absolute atomic E-state index is 0.105. The Kier molecular flexibility index (Phi) is 4.48. The number of fused-ring (bicyclic) bond motifs is 1. The van der Waals surface area contributed by atoms with E-state index in [-0.39, 0.29) is 17.9 Å². The lowest BCUT2D eigenvalue weighted by molar-refractivity contribution is 0.107. The lowest BCUT2D eigenvalue weighted by atomic mass is 9.83. The van der Waals surface area contributed by atoms with Gasteiger partial charge in [-0.25, -0.2) is 9.36 Å². The maximum atomic E-state index is 9.90. The Morgan fingerprint density at radius 3 is 2.77 bits per heavy atom. The van der Waals surface area contributed by atoms with E-state index >= 15 is 0 Å². The zero-order valence-electron chi connectivity index (χ0n) is 16.5. The van der Waals surface area contributed by atoms with E-state index in [1.165, 1.54) is 0 Å². The zero-order chi connectivity index (χ0) is 20.7. The molecule has 0 aliphatic carbocycles. The molecule has 2 unspecified atom stereocenters. The van der Waals surface area contributed by atoms with Gasteiger partial charge in [0.05, 0.1) is 35.3 Å². The molecule has 2 N–H and O–H groups in total. The van der Waals surface area contributed by atoms with Gasteiger partial charge in [-0.2, -0.15) is 10.4 Å². The Balaban J connectivity index is 1.65. The molecule has 1 saturated heterocycles. The normalized spacial score (nSPS) is 20.7. The highest BCUT2D eigenvalue weighted by molar-refractivity contribution is 5.56. The van der Waals surface area contributed by atoms with Gasteiger partial charge < -0.3 is 15.2 Å². The molecule has 0 amide bonds. The van der Waals surface area contributed by atoms with Crippen LogP contribution < -0.4 is 10.5 Å². The zero-order valence-corrected chi connectivity index (χ0v) is 16.5. The van der Waals surface area contributed by atoms with Crippen LogP contribution in [0.1, 0.15) is 48.6 Å². The van der Waals surface area contributed by atoms with E-state index in [9.17, 15) is 5.26 Å². The number of aryl methyl sites for hydroxylation is 1. The average Bonchev–Trinajstić information content (AvgIpc) is 3.53. The second-order valence-corrected chi connectivity index (χ2v) is 7.29. The van der Waals surface area contributed by atoms with E-state index in [0.717, 1.165) is 35.3 Å². The first-order valence-corrected chi connectivity index (χ1v) is 9.97. The minimum Gasteiger partial charge on any atom is -0.422 e. The Morgan fingerprint density at radius 1 is 1.30 bits per heavy atom. The number of ether oxygens (including phenoxy) is 2. The molecular formula is C21H21N7O2. The molecule has 30 heavy (non-hydrogen) atoms. The van der Waals surface area contributed by atoms with Gasteiger partial charge in [-0.3, -0.25) is 0 Å². The van der Waals surface area contributed by atoms with E-state index < -0.39 is 0 Å². The third kappa shape index (κ3) is 2.84. The molecule has 1 fully saturated rings. The molecule has 1 aromatic carbocycles. The molecule has 5 rings (SSSR count). The van der Waals surface area contributed by atoms with Crippen molar-refractivity contribution in [3.8, 4) is 17.6 Å². The quantitative estimate of drug-likeness (QED) is 0.711. The standard InChI is InChI=1S/C21H21N7O2/c1-2-27-21-18(19(25-27)16-4-3-11-29-16)17(15(12-22)20(23)30-21)13-5-7-14(8-6-13)28-10-9-24-26-28/h5-10,16-17H,2-4,11,23H2,1H3. The predicted molar refractivity (Wildman–Crippen MR) is 106 cm³/mol. The monoisotopic (exact) mass is 403 g/mol. The SMILES string of the molecule is CCn1nc(C2CCCO2)c2c1OC(N)=C(C#N)C2c1ccc(-n2ccnn2)cc1. The van der Waals surface area contributed by atoms with Crippen LogP contribution in [0.5, 0.6) is 5.88 Å². The van der Waals surface area contributed by atoms with Gasteiger partial charge in [0.25, 0.3) is 0 Å². The van der Waals surface area contributed by atoms with Crippen molar-refractivity contribution in [2.75, 3.05) is 6.61 Å². The van der Waals surface area contributed by atoms with Crippen molar-refractivity contribution >= 4 is 0 Å². The number of nitrogens with two attached hydrogens (primary N) is 1. The maximum absolute atomic E-state index is 9.90. The van der Waals surface area contributed by atoms with E-state index in [0.29, 0.717) is 24.6 Å². The van der Waals surface area contributed by atoms with E-state index in [4.69, 9.17) is 20.3 Å². The molecule has 0 saturated carbocycles. The summed E-state index contributed by atoms with van der Waals surface area (Å²) in [4.78, 5) is 0. The van der Waals surface area contributed by atoms with Gasteiger partial charge in [0.1, 0.15) is 17.7 Å². The molecule has 2 aliphatic heterocycles. The summed E-state index contributed by atoms with van der Waals surface area (Å²) in [6, 6.07) is 10.1. The fraction of sp³-hybridized carbons (Fsp3) is 0.333. The number of aromatic nitrogens is 5. The summed E-state index contributed by atoms with van der Waals surface area (Å²) in [6.45, 7) is 3.33. The summed E-state index contributed by atoms with van der Waals surface area (Å²) >= 11 is 0. The van der Waals surface area contributed by atoms with Crippen LogP contribution in [0.4, 0.5) is 0 Å². The Bertz CT molecular complexity index is 1130. The first-order chi connectivity index (χ1) is 14.7. The highest BCUT2D eigenvalue weighted by Crippen LogP contribution is 2.47. The fourth-order valence-corrected chi connectivity index (χ4v) is 4.17. The van der Waals surface area contributed by atoms with Crippen LogP contribution in [0, 0.1) is 11.3 Å². The Hall–Kier alpha value is -3.64. The van der Waals surface area contributed by atoms with Gasteiger partial charge in [0, 0.05) is 13.2 Å². The lowest BCUT2D eigenvalue weighted by Gasteiger charge is -2.26. The van der Waals surface area contributed by atoms with Crippen LogP contribution in [0.15, 0.2) is 48.1 Å². The van der Waals surface area contributed by atoms with Crippen molar-refractivity contribution in [3.63, 3.8) is 0 Å². The van der Waals surface area contributed by atoms with Crippen LogP contribution >= 0.6 is 0 Å². The Morgan fingerprint density at radius 2 is 2.13 bits per heavy atom. The molecule has 0 radical (unpaired) electrons. The number of rotatable bonds is 4. The number of hydrogen-bond donors (Lipinski definition) is 1. The third-order valence-corrected chi connectivity index (χ3v) is 5.59. The van der Waals surface area contributed by atoms with Crippen molar-refractivity contribution in [2.24, 2.45) is 5.73 Å². The highest BCUT2D eigenvalue weighted by Gasteiger charge is 2.39. The molecule has 9 heteroatoms. The molecule has 3 aromatic rings. The molecular weight excluding hydrogens is 382 g/mol. The maximum Gasteiger partial charge on any atom is 0.224 e. The number of hydrogen-bond acceptors (Lipinski definition) is 7. The summed E-state index contributed by atoms with van der Waals surface area (Å²) in [5.41, 5.74) is 10.0. The van der Waals surface area contributed by atoms with Crippen molar-refractivity contribution in [1.82, 2.24) is 24.8 Å². The third-order valence-electron chi connectivity index (χ3n) is 5.59. The number of benzene rings is 1. The fourth-order valence-electron chi connectivity index (χ4n) is 4.17. The molecule has 4 heterocycles. The van der Waals surface area contributed by atoms with Crippen molar-refractivity contribution < 1.29 is 9.47 Å². The molecule has 2 atom stereocenters. The number of allylic oxidation sites excluding steroid dienone is 1.